The quantitative estimate of drug-likeness (QED) is 0.854. The Morgan fingerprint density at radius 3 is 3.06 bits per heavy atom. The normalized spacial score (nSPS) is 19.9. The third-order valence-corrected chi connectivity index (χ3v) is 3.12. The van der Waals surface area contributed by atoms with Gasteiger partial charge in [0.2, 0.25) is 0 Å². The molecule has 1 fully saturated rings. The molecular formula is C13H16FNO3. The number of benzene rings is 1. The van der Waals surface area contributed by atoms with Gasteiger partial charge in [0, 0.05) is 12.1 Å². The van der Waals surface area contributed by atoms with Gasteiger partial charge in [-0.25, -0.2) is 4.39 Å². The summed E-state index contributed by atoms with van der Waals surface area (Å²) in [5.74, 6) is -0.542. The lowest BCUT2D eigenvalue weighted by Crippen LogP contribution is -2.50. The van der Waals surface area contributed by atoms with Crippen molar-refractivity contribution >= 4 is 5.91 Å². The van der Waals surface area contributed by atoms with Gasteiger partial charge >= 0.3 is 0 Å². The lowest BCUT2D eigenvalue weighted by atomic mass is 10.1. The van der Waals surface area contributed by atoms with Crippen molar-refractivity contribution in [1.29, 1.82) is 0 Å². The molecule has 1 saturated heterocycles. The zero-order valence-electron chi connectivity index (χ0n) is 10.2. The number of ether oxygens (including phenoxy) is 1. The number of hydrogen-bond acceptors (Lipinski definition) is 3. The smallest absolute Gasteiger partial charge is 0.254 e. The Balaban J connectivity index is 2.24. The molecule has 0 saturated carbocycles. The van der Waals surface area contributed by atoms with Crippen LogP contribution in [-0.4, -0.2) is 48.3 Å². The second kappa shape index (κ2) is 5.46. The fourth-order valence-corrected chi connectivity index (χ4v) is 2.10. The number of amides is 1. The number of rotatable bonds is 2. The van der Waals surface area contributed by atoms with Gasteiger partial charge in [0.15, 0.2) is 0 Å². The molecular weight excluding hydrogens is 237 g/mol. The summed E-state index contributed by atoms with van der Waals surface area (Å²) in [7, 11) is 0. The van der Waals surface area contributed by atoms with Crippen LogP contribution >= 0.6 is 0 Å². The van der Waals surface area contributed by atoms with E-state index in [-0.39, 0.29) is 24.4 Å². The number of carbonyl (C=O) groups excluding carboxylic acids is 1. The summed E-state index contributed by atoms with van der Waals surface area (Å²) >= 11 is 0. The first-order chi connectivity index (χ1) is 8.63. The van der Waals surface area contributed by atoms with Crippen LogP contribution in [0.5, 0.6) is 0 Å². The van der Waals surface area contributed by atoms with Crippen LogP contribution in [0.4, 0.5) is 4.39 Å². The molecule has 1 aromatic carbocycles. The van der Waals surface area contributed by atoms with E-state index in [1.807, 2.05) is 0 Å². The highest BCUT2D eigenvalue weighted by atomic mass is 19.1. The van der Waals surface area contributed by atoms with Crippen LogP contribution in [0.2, 0.25) is 0 Å². The fourth-order valence-electron chi connectivity index (χ4n) is 2.10. The van der Waals surface area contributed by atoms with E-state index < -0.39 is 0 Å². The maximum Gasteiger partial charge on any atom is 0.254 e. The van der Waals surface area contributed by atoms with E-state index in [0.29, 0.717) is 30.9 Å². The molecule has 18 heavy (non-hydrogen) atoms. The van der Waals surface area contributed by atoms with Crippen LogP contribution in [0.1, 0.15) is 15.9 Å². The Bertz CT molecular complexity index is 450. The molecule has 0 spiro atoms. The number of morpholine rings is 1. The molecule has 4 nitrogen and oxygen atoms in total. The predicted octanol–water partition coefficient (Wildman–Crippen LogP) is 0.967. The molecule has 0 aromatic heterocycles. The number of nitrogens with zero attached hydrogens (tertiary/aromatic N) is 1. The molecule has 2 rings (SSSR count). The van der Waals surface area contributed by atoms with Crippen molar-refractivity contribution in [1.82, 2.24) is 4.90 Å². The minimum atomic E-state index is -0.357. The van der Waals surface area contributed by atoms with Gasteiger partial charge in [0.25, 0.3) is 5.91 Å². The fraction of sp³-hybridized carbons (Fsp3) is 0.462. The minimum absolute atomic E-state index is 0.133. The molecule has 0 bridgehead atoms. The molecule has 1 unspecified atom stereocenters. The first kappa shape index (κ1) is 13.0. The Morgan fingerprint density at radius 1 is 1.61 bits per heavy atom. The number of aliphatic hydroxyl groups excluding tert-OH is 1. The number of halogens is 1. The molecule has 0 radical (unpaired) electrons. The highest BCUT2D eigenvalue weighted by Gasteiger charge is 2.28. The maximum atomic E-state index is 13.0. The van der Waals surface area contributed by atoms with Crippen LogP contribution in [-0.2, 0) is 4.74 Å². The second-order valence-electron chi connectivity index (χ2n) is 4.37. The van der Waals surface area contributed by atoms with Crippen LogP contribution in [0.15, 0.2) is 18.2 Å². The van der Waals surface area contributed by atoms with E-state index in [2.05, 4.69) is 0 Å². The maximum absolute atomic E-state index is 13.0. The molecule has 98 valence electrons. The number of aliphatic hydroxyl groups is 1. The first-order valence-electron chi connectivity index (χ1n) is 5.89. The Hall–Kier alpha value is -1.46. The van der Waals surface area contributed by atoms with Gasteiger partial charge in [-0.2, -0.15) is 0 Å². The summed E-state index contributed by atoms with van der Waals surface area (Å²) in [6.07, 6.45) is 0. The molecule has 1 aliphatic heterocycles. The third-order valence-electron chi connectivity index (χ3n) is 3.12. The average molecular weight is 253 g/mol. The summed E-state index contributed by atoms with van der Waals surface area (Å²) < 4.78 is 18.2. The SMILES string of the molecule is Cc1cc(F)ccc1C(=O)N1CCOCC1CO. The van der Waals surface area contributed by atoms with E-state index >= 15 is 0 Å². The highest BCUT2D eigenvalue weighted by molar-refractivity contribution is 5.95. The largest absolute Gasteiger partial charge is 0.394 e. The Kier molecular flexibility index (Phi) is 3.93. The van der Waals surface area contributed by atoms with E-state index in [0.717, 1.165) is 0 Å². The van der Waals surface area contributed by atoms with Crippen molar-refractivity contribution in [2.75, 3.05) is 26.4 Å². The van der Waals surface area contributed by atoms with Crippen LogP contribution in [0.3, 0.4) is 0 Å². The van der Waals surface area contributed by atoms with Crippen LogP contribution in [0.25, 0.3) is 0 Å². The van der Waals surface area contributed by atoms with Crippen molar-refractivity contribution in [2.24, 2.45) is 0 Å². The lowest BCUT2D eigenvalue weighted by Gasteiger charge is -2.34. The summed E-state index contributed by atoms with van der Waals surface area (Å²) in [6, 6.07) is 3.77. The van der Waals surface area contributed by atoms with E-state index in [9.17, 15) is 14.3 Å². The van der Waals surface area contributed by atoms with Crippen molar-refractivity contribution < 1.29 is 19.0 Å². The molecule has 1 atom stereocenters. The highest BCUT2D eigenvalue weighted by Crippen LogP contribution is 2.16. The first-order valence-corrected chi connectivity index (χ1v) is 5.89. The van der Waals surface area contributed by atoms with Crippen LogP contribution in [0, 0.1) is 12.7 Å². The monoisotopic (exact) mass is 253 g/mol. The van der Waals surface area contributed by atoms with Crippen molar-refractivity contribution in [2.45, 2.75) is 13.0 Å². The molecule has 0 aliphatic carbocycles. The zero-order chi connectivity index (χ0) is 13.1. The molecule has 1 N–H and O–H groups in total. The summed E-state index contributed by atoms with van der Waals surface area (Å²) in [5, 5.41) is 9.24. The molecule has 1 heterocycles. The van der Waals surface area contributed by atoms with E-state index in [1.54, 1.807) is 11.8 Å². The zero-order valence-corrected chi connectivity index (χ0v) is 10.2. The van der Waals surface area contributed by atoms with Gasteiger partial charge in [-0.15, -0.1) is 0 Å². The van der Waals surface area contributed by atoms with Gasteiger partial charge in [0.1, 0.15) is 5.82 Å². The molecule has 5 heteroatoms. The standard InChI is InChI=1S/C13H16FNO3/c1-9-6-10(14)2-3-12(9)13(17)15-4-5-18-8-11(15)7-16/h2-3,6,11,16H,4-5,7-8H2,1H3. The summed E-state index contributed by atoms with van der Waals surface area (Å²) in [5.41, 5.74) is 1.07. The molecule has 1 amide bonds. The van der Waals surface area contributed by atoms with Gasteiger partial charge in [-0.05, 0) is 30.7 Å². The van der Waals surface area contributed by atoms with Gasteiger partial charge in [-0.3, -0.25) is 4.79 Å². The van der Waals surface area contributed by atoms with Crippen LogP contribution < -0.4 is 0 Å². The summed E-state index contributed by atoms with van der Waals surface area (Å²) in [6.45, 7) is 2.81. The lowest BCUT2D eigenvalue weighted by molar-refractivity contribution is -0.0184. The molecule has 1 aliphatic rings. The van der Waals surface area contributed by atoms with Crippen molar-refractivity contribution in [3.63, 3.8) is 0 Å². The summed E-state index contributed by atoms with van der Waals surface area (Å²) in [4.78, 5) is 13.9. The Morgan fingerprint density at radius 2 is 2.39 bits per heavy atom. The van der Waals surface area contributed by atoms with E-state index in [4.69, 9.17) is 4.74 Å². The van der Waals surface area contributed by atoms with Gasteiger partial charge < -0.3 is 14.7 Å². The van der Waals surface area contributed by atoms with Crippen molar-refractivity contribution in [3.8, 4) is 0 Å². The third kappa shape index (κ3) is 2.52. The number of hydrogen-bond donors (Lipinski definition) is 1. The number of carbonyl (C=O) groups is 1. The van der Waals surface area contributed by atoms with Gasteiger partial charge in [0.05, 0.1) is 25.9 Å². The van der Waals surface area contributed by atoms with Gasteiger partial charge in [-0.1, -0.05) is 0 Å². The predicted molar refractivity (Wildman–Crippen MR) is 63.9 cm³/mol. The number of aryl methyl sites for hydroxylation is 1. The molecule has 1 aromatic rings. The van der Waals surface area contributed by atoms with E-state index in [1.165, 1.54) is 18.2 Å². The second-order valence-corrected chi connectivity index (χ2v) is 4.37. The topological polar surface area (TPSA) is 49.8 Å². The Labute approximate surface area is 105 Å². The average Bonchev–Trinajstić information content (AvgIpc) is 2.38. The minimum Gasteiger partial charge on any atom is -0.394 e. The van der Waals surface area contributed by atoms with Crippen molar-refractivity contribution in [3.05, 3.63) is 35.1 Å².